The summed E-state index contributed by atoms with van der Waals surface area (Å²) in [5, 5.41) is 3.66. The summed E-state index contributed by atoms with van der Waals surface area (Å²) >= 11 is 5.34. The molecule has 1 aliphatic heterocycles. The highest BCUT2D eigenvalue weighted by molar-refractivity contribution is 7.89. The number of hydrogen-bond acceptors (Lipinski definition) is 4. The van der Waals surface area contributed by atoms with Gasteiger partial charge >= 0.3 is 0 Å². The highest BCUT2D eigenvalue weighted by Gasteiger charge is 2.18. The molecule has 0 atom stereocenters. The van der Waals surface area contributed by atoms with Crippen LogP contribution >= 0.6 is 12.2 Å². The van der Waals surface area contributed by atoms with Crippen molar-refractivity contribution < 1.29 is 13.2 Å². The Balaban J connectivity index is 2.13. The molecule has 2 rings (SSSR count). The van der Waals surface area contributed by atoms with Crippen molar-refractivity contribution in [1.82, 2.24) is 9.21 Å². The molecule has 116 valence electrons. The average molecular weight is 329 g/mol. The lowest BCUT2D eigenvalue weighted by Gasteiger charge is -2.29. The molecular formula is C13H19N3O3S2. The van der Waals surface area contributed by atoms with E-state index in [4.69, 9.17) is 17.0 Å². The largest absolute Gasteiger partial charge is 0.378 e. The van der Waals surface area contributed by atoms with Gasteiger partial charge in [0.1, 0.15) is 0 Å². The van der Waals surface area contributed by atoms with Crippen LogP contribution in [0.3, 0.4) is 0 Å². The van der Waals surface area contributed by atoms with Gasteiger partial charge in [-0.15, -0.1) is 0 Å². The van der Waals surface area contributed by atoms with E-state index in [1.807, 2.05) is 4.90 Å². The van der Waals surface area contributed by atoms with E-state index in [0.717, 1.165) is 13.1 Å². The standard InChI is InChI=1S/C13H19N3O3S2/c1-15(2)21(17,18)12-5-3-4-11(10-12)14-13(20)16-6-8-19-9-7-16/h3-5,10H,6-9H2,1-2H3,(H,14,20). The fourth-order valence-electron chi connectivity index (χ4n) is 1.91. The van der Waals surface area contributed by atoms with Gasteiger partial charge in [-0.2, -0.15) is 0 Å². The molecule has 0 saturated carbocycles. The minimum Gasteiger partial charge on any atom is -0.378 e. The smallest absolute Gasteiger partial charge is 0.242 e. The lowest BCUT2D eigenvalue weighted by atomic mass is 10.3. The van der Waals surface area contributed by atoms with E-state index >= 15 is 0 Å². The van der Waals surface area contributed by atoms with Gasteiger partial charge in [-0.25, -0.2) is 12.7 Å². The summed E-state index contributed by atoms with van der Waals surface area (Å²) in [6, 6.07) is 6.64. The number of benzene rings is 1. The third-order valence-electron chi connectivity index (χ3n) is 3.16. The second kappa shape index (κ2) is 6.69. The Morgan fingerprint density at radius 2 is 2.00 bits per heavy atom. The van der Waals surface area contributed by atoms with E-state index in [1.165, 1.54) is 18.4 Å². The fraction of sp³-hybridized carbons (Fsp3) is 0.462. The Labute approximate surface area is 130 Å². The van der Waals surface area contributed by atoms with Gasteiger partial charge in [-0.3, -0.25) is 0 Å². The van der Waals surface area contributed by atoms with Gasteiger partial charge in [0, 0.05) is 32.9 Å². The zero-order valence-electron chi connectivity index (χ0n) is 12.1. The molecule has 1 N–H and O–H groups in total. The van der Waals surface area contributed by atoms with Crippen molar-refractivity contribution in [3.63, 3.8) is 0 Å². The van der Waals surface area contributed by atoms with E-state index < -0.39 is 10.0 Å². The molecule has 6 nitrogen and oxygen atoms in total. The highest BCUT2D eigenvalue weighted by Crippen LogP contribution is 2.18. The predicted molar refractivity (Wildman–Crippen MR) is 85.9 cm³/mol. The van der Waals surface area contributed by atoms with Crippen LogP contribution in [0.25, 0.3) is 0 Å². The monoisotopic (exact) mass is 329 g/mol. The Bertz CT molecular complexity index is 611. The molecule has 1 heterocycles. The number of ether oxygens (including phenoxy) is 1. The molecule has 0 unspecified atom stereocenters. The second-order valence-corrected chi connectivity index (χ2v) is 7.38. The van der Waals surface area contributed by atoms with Gasteiger partial charge in [-0.05, 0) is 30.4 Å². The van der Waals surface area contributed by atoms with Crippen molar-refractivity contribution in [3.05, 3.63) is 24.3 Å². The first-order chi connectivity index (χ1) is 9.91. The van der Waals surface area contributed by atoms with E-state index in [9.17, 15) is 8.42 Å². The number of rotatable bonds is 3. The average Bonchev–Trinajstić information content (AvgIpc) is 2.48. The Morgan fingerprint density at radius 1 is 1.33 bits per heavy atom. The zero-order chi connectivity index (χ0) is 15.5. The van der Waals surface area contributed by atoms with Gasteiger partial charge in [0.2, 0.25) is 10.0 Å². The molecule has 0 radical (unpaired) electrons. The van der Waals surface area contributed by atoms with E-state index in [1.54, 1.807) is 24.3 Å². The number of sulfonamides is 1. The molecule has 0 aliphatic carbocycles. The maximum Gasteiger partial charge on any atom is 0.242 e. The third-order valence-corrected chi connectivity index (χ3v) is 5.33. The van der Waals surface area contributed by atoms with Crippen molar-refractivity contribution in [2.24, 2.45) is 0 Å². The van der Waals surface area contributed by atoms with Crippen LogP contribution in [0.2, 0.25) is 0 Å². The first-order valence-electron chi connectivity index (χ1n) is 6.57. The first-order valence-corrected chi connectivity index (χ1v) is 8.42. The molecule has 1 fully saturated rings. The van der Waals surface area contributed by atoms with Gasteiger partial charge in [0.05, 0.1) is 18.1 Å². The minimum atomic E-state index is -3.44. The summed E-state index contributed by atoms with van der Waals surface area (Å²) in [5.41, 5.74) is 0.661. The molecule has 1 aromatic rings. The number of hydrogen-bond donors (Lipinski definition) is 1. The number of nitrogens with one attached hydrogen (secondary N) is 1. The molecule has 0 spiro atoms. The molecule has 1 aromatic carbocycles. The topological polar surface area (TPSA) is 61.9 Å². The number of thiocarbonyl (C=S) groups is 1. The number of nitrogens with zero attached hydrogens (tertiary/aromatic N) is 2. The summed E-state index contributed by atoms with van der Waals surface area (Å²) in [6.07, 6.45) is 0. The van der Waals surface area contributed by atoms with Crippen LogP contribution in [-0.2, 0) is 14.8 Å². The molecule has 0 amide bonds. The highest BCUT2D eigenvalue weighted by atomic mass is 32.2. The van der Waals surface area contributed by atoms with Crippen molar-refractivity contribution in [1.29, 1.82) is 0 Å². The van der Waals surface area contributed by atoms with Crippen LogP contribution in [0, 0.1) is 0 Å². The normalized spacial score (nSPS) is 16.0. The van der Waals surface area contributed by atoms with E-state index in [2.05, 4.69) is 5.32 Å². The number of anilines is 1. The lowest BCUT2D eigenvalue weighted by molar-refractivity contribution is 0.0690. The van der Waals surface area contributed by atoms with Crippen LogP contribution in [0.4, 0.5) is 5.69 Å². The van der Waals surface area contributed by atoms with Crippen LogP contribution in [0.15, 0.2) is 29.2 Å². The fourth-order valence-corrected chi connectivity index (χ4v) is 3.16. The molecule has 1 aliphatic rings. The van der Waals surface area contributed by atoms with Crippen molar-refractivity contribution >= 4 is 33.0 Å². The van der Waals surface area contributed by atoms with Gasteiger partial charge in [0.15, 0.2) is 5.11 Å². The van der Waals surface area contributed by atoms with E-state index in [-0.39, 0.29) is 4.90 Å². The Kier molecular flexibility index (Phi) is 5.15. The third kappa shape index (κ3) is 3.91. The summed E-state index contributed by atoms with van der Waals surface area (Å²) in [4.78, 5) is 2.24. The first kappa shape index (κ1) is 16.2. The van der Waals surface area contributed by atoms with Gasteiger partial charge in [-0.1, -0.05) is 6.07 Å². The maximum atomic E-state index is 12.1. The van der Waals surface area contributed by atoms with Crippen molar-refractivity contribution in [2.75, 3.05) is 45.7 Å². The zero-order valence-corrected chi connectivity index (χ0v) is 13.7. The Hall–Kier alpha value is -1.22. The van der Waals surface area contributed by atoms with Crippen LogP contribution in [0.1, 0.15) is 0 Å². The number of morpholine rings is 1. The lowest BCUT2D eigenvalue weighted by Crippen LogP contribution is -2.42. The molecule has 1 saturated heterocycles. The molecule has 0 bridgehead atoms. The summed E-state index contributed by atoms with van der Waals surface area (Å²) in [7, 11) is -0.428. The van der Waals surface area contributed by atoms with E-state index in [0.29, 0.717) is 24.0 Å². The Morgan fingerprint density at radius 3 is 2.62 bits per heavy atom. The van der Waals surface area contributed by atoms with Gasteiger partial charge in [0.25, 0.3) is 0 Å². The van der Waals surface area contributed by atoms with Crippen molar-refractivity contribution in [3.8, 4) is 0 Å². The van der Waals surface area contributed by atoms with Crippen LogP contribution < -0.4 is 5.32 Å². The van der Waals surface area contributed by atoms with Crippen molar-refractivity contribution in [2.45, 2.75) is 4.90 Å². The molecule has 8 heteroatoms. The van der Waals surface area contributed by atoms with Crippen LogP contribution in [0.5, 0.6) is 0 Å². The molecular weight excluding hydrogens is 310 g/mol. The second-order valence-electron chi connectivity index (χ2n) is 4.84. The summed E-state index contributed by atoms with van der Waals surface area (Å²) < 4.78 is 30.7. The predicted octanol–water partition coefficient (Wildman–Crippen LogP) is 0.966. The molecule has 0 aromatic heterocycles. The minimum absolute atomic E-state index is 0.238. The summed E-state index contributed by atoms with van der Waals surface area (Å²) in [6.45, 7) is 2.77. The maximum absolute atomic E-state index is 12.1. The van der Waals surface area contributed by atoms with Crippen LogP contribution in [-0.4, -0.2) is 63.1 Å². The SMILES string of the molecule is CN(C)S(=O)(=O)c1cccc(NC(=S)N2CCOCC2)c1. The summed E-state index contributed by atoms with van der Waals surface area (Å²) in [5.74, 6) is 0. The quantitative estimate of drug-likeness (QED) is 0.834. The molecule has 21 heavy (non-hydrogen) atoms. The van der Waals surface area contributed by atoms with Gasteiger partial charge < -0.3 is 15.0 Å².